The first-order valence-electron chi connectivity index (χ1n) is 8.58. The van der Waals surface area contributed by atoms with Crippen LogP contribution in [0.2, 0.25) is 0 Å². The van der Waals surface area contributed by atoms with Crippen molar-refractivity contribution in [2.24, 2.45) is 0 Å². The molecule has 0 unspecified atom stereocenters. The van der Waals surface area contributed by atoms with Crippen molar-refractivity contribution in [1.29, 1.82) is 0 Å². The van der Waals surface area contributed by atoms with E-state index in [1.807, 2.05) is 32.3 Å². The van der Waals surface area contributed by atoms with Crippen LogP contribution in [0.15, 0.2) is 30.3 Å². The first-order valence-corrected chi connectivity index (χ1v) is 8.58. The molecule has 0 spiro atoms. The van der Waals surface area contributed by atoms with Crippen LogP contribution >= 0.6 is 0 Å². The van der Waals surface area contributed by atoms with Crippen molar-refractivity contribution >= 4 is 23.5 Å². The molecule has 1 aromatic carbocycles. The minimum atomic E-state index is -0.548. The SMILES string of the molecule is COC(=O)c1cccc(NC(=O)COC(=O)c2cc(C)n(C(C)C)c2C)c1. The Balaban J connectivity index is 1.99. The number of aryl methyl sites for hydroxylation is 1. The zero-order valence-electron chi connectivity index (χ0n) is 16.2. The number of benzene rings is 1. The summed E-state index contributed by atoms with van der Waals surface area (Å²) in [6, 6.07) is 8.29. The minimum absolute atomic E-state index is 0.219. The van der Waals surface area contributed by atoms with Gasteiger partial charge in [0.25, 0.3) is 5.91 Å². The van der Waals surface area contributed by atoms with Gasteiger partial charge in [0.1, 0.15) is 0 Å². The molecule has 27 heavy (non-hydrogen) atoms. The Morgan fingerprint density at radius 2 is 1.81 bits per heavy atom. The second kappa shape index (κ2) is 8.53. The number of ether oxygens (including phenoxy) is 2. The van der Waals surface area contributed by atoms with Crippen molar-refractivity contribution in [2.75, 3.05) is 19.0 Å². The first-order chi connectivity index (χ1) is 12.7. The van der Waals surface area contributed by atoms with Crippen molar-refractivity contribution in [3.8, 4) is 0 Å². The van der Waals surface area contributed by atoms with Gasteiger partial charge in [-0.2, -0.15) is 0 Å². The highest BCUT2D eigenvalue weighted by Gasteiger charge is 2.19. The molecule has 0 aliphatic carbocycles. The summed E-state index contributed by atoms with van der Waals surface area (Å²) in [5.41, 5.74) is 2.93. The lowest BCUT2D eigenvalue weighted by Crippen LogP contribution is -2.21. The van der Waals surface area contributed by atoms with Gasteiger partial charge >= 0.3 is 11.9 Å². The lowest BCUT2D eigenvalue weighted by atomic mass is 10.2. The fourth-order valence-electron chi connectivity index (χ4n) is 3.03. The number of amides is 1. The summed E-state index contributed by atoms with van der Waals surface area (Å²) in [4.78, 5) is 35.9. The smallest absolute Gasteiger partial charge is 0.340 e. The van der Waals surface area contributed by atoms with Gasteiger partial charge in [-0.05, 0) is 52.0 Å². The van der Waals surface area contributed by atoms with Gasteiger partial charge in [0, 0.05) is 23.1 Å². The summed E-state index contributed by atoms with van der Waals surface area (Å²) >= 11 is 0. The Morgan fingerprint density at radius 3 is 2.41 bits per heavy atom. The Morgan fingerprint density at radius 1 is 1.11 bits per heavy atom. The largest absolute Gasteiger partial charge is 0.465 e. The predicted molar refractivity (Wildman–Crippen MR) is 101 cm³/mol. The summed E-state index contributed by atoms with van der Waals surface area (Å²) in [5, 5.41) is 2.59. The number of carbonyl (C=O) groups is 3. The molecule has 7 nitrogen and oxygen atoms in total. The van der Waals surface area contributed by atoms with E-state index in [9.17, 15) is 14.4 Å². The van der Waals surface area contributed by atoms with Crippen molar-refractivity contribution in [3.05, 3.63) is 52.8 Å². The molecule has 1 N–H and O–H groups in total. The molecule has 0 radical (unpaired) electrons. The maximum absolute atomic E-state index is 12.3. The summed E-state index contributed by atoms with van der Waals surface area (Å²) in [6.45, 7) is 7.41. The molecule has 1 amide bonds. The van der Waals surface area contributed by atoms with Crippen LogP contribution in [0.4, 0.5) is 5.69 Å². The number of hydrogen-bond donors (Lipinski definition) is 1. The van der Waals surface area contributed by atoms with Crippen LogP contribution in [0.25, 0.3) is 0 Å². The monoisotopic (exact) mass is 372 g/mol. The van der Waals surface area contributed by atoms with E-state index in [1.54, 1.807) is 24.3 Å². The van der Waals surface area contributed by atoms with E-state index in [4.69, 9.17) is 4.74 Å². The van der Waals surface area contributed by atoms with E-state index in [1.165, 1.54) is 13.2 Å². The summed E-state index contributed by atoms with van der Waals surface area (Å²) < 4.78 is 11.8. The third-order valence-electron chi connectivity index (χ3n) is 4.12. The first kappa shape index (κ1) is 20.2. The molecule has 2 aromatic rings. The number of aromatic nitrogens is 1. The average molecular weight is 372 g/mol. The zero-order valence-corrected chi connectivity index (χ0v) is 16.2. The zero-order chi connectivity index (χ0) is 20.1. The molecular formula is C20H24N2O5. The topological polar surface area (TPSA) is 86.6 Å². The Bertz CT molecular complexity index is 867. The van der Waals surface area contributed by atoms with Gasteiger partial charge in [0.05, 0.1) is 18.2 Å². The van der Waals surface area contributed by atoms with Crippen LogP contribution in [0.1, 0.15) is 52.0 Å². The number of nitrogens with one attached hydrogen (secondary N) is 1. The third kappa shape index (κ3) is 4.75. The van der Waals surface area contributed by atoms with Crippen molar-refractivity contribution in [2.45, 2.75) is 33.7 Å². The number of carbonyl (C=O) groups excluding carboxylic acids is 3. The fraction of sp³-hybridized carbons (Fsp3) is 0.350. The standard InChI is InChI=1S/C20H24N2O5/c1-12(2)22-13(3)9-17(14(22)4)20(25)27-11-18(23)21-16-8-6-7-15(10-16)19(24)26-5/h6-10,12H,11H2,1-5H3,(H,21,23). The molecule has 0 aliphatic rings. The van der Waals surface area contributed by atoms with Gasteiger partial charge in [-0.15, -0.1) is 0 Å². The summed E-state index contributed by atoms with van der Waals surface area (Å²) in [6.07, 6.45) is 0. The number of methoxy groups -OCH3 is 1. The Hall–Kier alpha value is -3.09. The number of anilines is 1. The van der Waals surface area contributed by atoms with Crippen molar-refractivity contribution in [3.63, 3.8) is 0 Å². The molecule has 0 atom stereocenters. The van der Waals surface area contributed by atoms with E-state index in [-0.39, 0.29) is 6.04 Å². The van der Waals surface area contributed by atoms with E-state index in [0.717, 1.165) is 11.4 Å². The number of rotatable bonds is 6. The normalized spacial score (nSPS) is 10.6. The molecule has 0 aliphatic heterocycles. The van der Waals surface area contributed by atoms with E-state index in [2.05, 4.69) is 10.1 Å². The fourth-order valence-corrected chi connectivity index (χ4v) is 3.03. The lowest BCUT2D eigenvalue weighted by molar-refractivity contribution is -0.119. The van der Waals surface area contributed by atoms with Crippen LogP contribution in [0.5, 0.6) is 0 Å². The molecule has 7 heteroatoms. The lowest BCUT2D eigenvalue weighted by Gasteiger charge is -2.13. The third-order valence-corrected chi connectivity index (χ3v) is 4.12. The van der Waals surface area contributed by atoms with Gasteiger partial charge in [-0.25, -0.2) is 9.59 Å². The molecule has 0 fully saturated rings. The van der Waals surface area contributed by atoms with Gasteiger partial charge in [-0.1, -0.05) is 6.07 Å². The highest BCUT2D eigenvalue weighted by molar-refractivity contribution is 5.97. The van der Waals surface area contributed by atoms with E-state index < -0.39 is 24.5 Å². The van der Waals surface area contributed by atoms with Crippen LogP contribution in [-0.2, 0) is 14.3 Å². The average Bonchev–Trinajstić information content (AvgIpc) is 2.93. The predicted octanol–water partition coefficient (Wildman–Crippen LogP) is 3.27. The van der Waals surface area contributed by atoms with Gasteiger partial charge < -0.3 is 19.4 Å². The highest BCUT2D eigenvalue weighted by Crippen LogP contribution is 2.20. The summed E-state index contributed by atoms with van der Waals surface area (Å²) in [7, 11) is 1.28. The molecule has 0 saturated carbocycles. The van der Waals surface area contributed by atoms with Crippen molar-refractivity contribution < 1.29 is 23.9 Å². The second-order valence-electron chi connectivity index (χ2n) is 6.45. The number of hydrogen-bond acceptors (Lipinski definition) is 5. The minimum Gasteiger partial charge on any atom is -0.465 e. The van der Waals surface area contributed by atoms with Crippen molar-refractivity contribution in [1.82, 2.24) is 4.57 Å². The number of nitrogens with zero attached hydrogens (tertiary/aromatic N) is 1. The molecule has 1 aromatic heterocycles. The highest BCUT2D eigenvalue weighted by atomic mass is 16.5. The Kier molecular flexibility index (Phi) is 6.39. The van der Waals surface area contributed by atoms with Crippen LogP contribution in [-0.4, -0.2) is 36.1 Å². The van der Waals surface area contributed by atoms with E-state index >= 15 is 0 Å². The maximum atomic E-state index is 12.3. The molecule has 2 rings (SSSR count). The van der Waals surface area contributed by atoms with E-state index in [0.29, 0.717) is 16.8 Å². The van der Waals surface area contributed by atoms with Gasteiger partial charge in [0.2, 0.25) is 0 Å². The van der Waals surface area contributed by atoms with Crippen LogP contribution in [0.3, 0.4) is 0 Å². The van der Waals surface area contributed by atoms with Crippen LogP contribution in [0, 0.1) is 13.8 Å². The quantitative estimate of drug-likeness (QED) is 0.787. The molecule has 1 heterocycles. The molecule has 144 valence electrons. The van der Waals surface area contributed by atoms with Gasteiger partial charge in [-0.3, -0.25) is 4.79 Å². The maximum Gasteiger partial charge on any atom is 0.340 e. The van der Waals surface area contributed by atoms with Crippen LogP contribution < -0.4 is 5.32 Å². The number of esters is 2. The Labute approximate surface area is 158 Å². The van der Waals surface area contributed by atoms with Gasteiger partial charge in [0.15, 0.2) is 6.61 Å². The summed E-state index contributed by atoms with van der Waals surface area (Å²) in [5.74, 6) is -1.55. The molecular weight excluding hydrogens is 348 g/mol. The molecule has 0 saturated heterocycles. The second-order valence-corrected chi connectivity index (χ2v) is 6.45. The molecule has 0 bridgehead atoms.